The van der Waals surface area contributed by atoms with E-state index in [4.69, 9.17) is 0 Å². The van der Waals surface area contributed by atoms with Crippen LogP contribution in [-0.2, 0) is 6.54 Å². The first-order valence-electron chi connectivity index (χ1n) is 13.4. The summed E-state index contributed by atoms with van der Waals surface area (Å²) in [4.78, 5) is 15.6. The monoisotopic (exact) mass is 504 g/mol. The summed E-state index contributed by atoms with van der Waals surface area (Å²) in [6, 6.07) is 20.5. The van der Waals surface area contributed by atoms with Crippen molar-refractivity contribution in [3.8, 4) is 0 Å². The molecule has 0 saturated heterocycles. The number of carbonyl (C=O) groups is 1. The van der Waals surface area contributed by atoms with E-state index in [1.807, 2.05) is 24.3 Å². The Hall–Kier alpha value is -3.21. The summed E-state index contributed by atoms with van der Waals surface area (Å²) in [5.41, 5.74) is 4.50. The highest BCUT2D eigenvalue weighted by Gasteiger charge is 2.31. The Morgan fingerprint density at radius 1 is 0.838 bits per heavy atom. The van der Waals surface area contributed by atoms with Crippen molar-refractivity contribution in [2.45, 2.75) is 83.7 Å². The summed E-state index contributed by atoms with van der Waals surface area (Å²) in [7, 11) is 0. The molecule has 0 aliphatic heterocycles. The Kier molecular flexibility index (Phi) is 8.63. The SMILES string of the molecule is CC(C)c1cccc(C(C)C)c1NC(=O)N(Cc1cccc(F)c1F)[C@H]1CC[C@H](c2ccccc2)CC1. The van der Waals surface area contributed by atoms with Gasteiger partial charge in [0.1, 0.15) is 0 Å². The first-order chi connectivity index (χ1) is 17.8. The van der Waals surface area contributed by atoms with E-state index >= 15 is 0 Å². The molecule has 196 valence electrons. The van der Waals surface area contributed by atoms with E-state index in [-0.39, 0.29) is 36.0 Å². The quantitative estimate of drug-likeness (QED) is 0.342. The molecule has 3 aromatic rings. The zero-order valence-corrected chi connectivity index (χ0v) is 22.3. The standard InChI is InChI=1S/C32H38F2N2O/c1-21(2)27-13-9-14-28(22(3)4)31(27)35-32(37)36(20-25-12-8-15-29(33)30(25)34)26-18-16-24(17-19-26)23-10-6-5-7-11-23/h5-15,21-22,24,26H,16-20H2,1-4H3,(H,35,37)/t24-,26-. The number of nitrogens with zero attached hydrogens (tertiary/aromatic N) is 1. The molecule has 0 atom stereocenters. The normalized spacial score (nSPS) is 17.7. The number of anilines is 1. The predicted octanol–water partition coefficient (Wildman–Crippen LogP) is 8.97. The molecule has 5 heteroatoms. The van der Waals surface area contributed by atoms with Gasteiger partial charge < -0.3 is 10.2 Å². The molecule has 4 rings (SSSR count). The average Bonchev–Trinajstić information content (AvgIpc) is 2.90. The van der Waals surface area contributed by atoms with Crippen LogP contribution in [0.5, 0.6) is 0 Å². The number of nitrogens with one attached hydrogen (secondary N) is 1. The molecular formula is C32H38F2N2O. The molecule has 3 aromatic carbocycles. The first kappa shape index (κ1) is 26.8. The minimum absolute atomic E-state index is 0.0248. The molecule has 0 unspecified atom stereocenters. The molecule has 2 amide bonds. The smallest absolute Gasteiger partial charge is 0.317 e. The molecule has 0 radical (unpaired) electrons. The lowest BCUT2D eigenvalue weighted by Gasteiger charge is -2.37. The number of halogens is 2. The first-order valence-corrected chi connectivity index (χ1v) is 13.4. The molecule has 0 aromatic heterocycles. The molecule has 1 saturated carbocycles. The second-order valence-electron chi connectivity index (χ2n) is 10.8. The van der Waals surface area contributed by atoms with E-state index < -0.39 is 11.6 Å². The van der Waals surface area contributed by atoms with Gasteiger partial charge in [-0.3, -0.25) is 0 Å². The fourth-order valence-corrected chi connectivity index (χ4v) is 5.54. The number of rotatable bonds is 7. The number of benzene rings is 3. The Morgan fingerprint density at radius 2 is 1.43 bits per heavy atom. The maximum Gasteiger partial charge on any atom is 0.322 e. The molecule has 1 N–H and O–H groups in total. The van der Waals surface area contributed by atoms with Crippen LogP contribution in [-0.4, -0.2) is 17.0 Å². The highest BCUT2D eigenvalue weighted by Crippen LogP contribution is 2.37. The van der Waals surface area contributed by atoms with E-state index in [1.165, 1.54) is 11.6 Å². The minimum atomic E-state index is -0.891. The van der Waals surface area contributed by atoms with Crippen molar-refractivity contribution in [2.75, 3.05) is 5.32 Å². The topological polar surface area (TPSA) is 32.3 Å². The summed E-state index contributed by atoms with van der Waals surface area (Å²) in [6.45, 7) is 8.47. The van der Waals surface area contributed by atoms with Crippen molar-refractivity contribution < 1.29 is 13.6 Å². The summed E-state index contributed by atoms with van der Waals surface area (Å²) in [5.74, 6) is -0.877. The molecular weight excluding hydrogens is 466 g/mol. The number of hydrogen-bond donors (Lipinski definition) is 1. The van der Waals surface area contributed by atoms with Gasteiger partial charge >= 0.3 is 6.03 Å². The summed E-state index contributed by atoms with van der Waals surface area (Å²) >= 11 is 0. The van der Waals surface area contributed by atoms with Gasteiger partial charge in [0.15, 0.2) is 11.6 Å². The molecule has 0 heterocycles. The Bertz CT molecular complexity index is 1170. The van der Waals surface area contributed by atoms with Gasteiger partial charge in [-0.25, -0.2) is 13.6 Å². The maximum absolute atomic E-state index is 14.7. The van der Waals surface area contributed by atoms with E-state index in [9.17, 15) is 13.6 Å². The number of hydrogen-bond acceptors (Lipinski definition) is 1. The average molecular weight is 505 g/mol. The summed E-state index contributed by atoms with van der Waals surface area (Å²) < 4.78 is 28.8. The lowest BCUT2D eigenvalue weighted by molar-refractivity contribution is 0.157. The van der Waals surface area contributed by atoms with Crippen LogP contribution < -0.4 is 5.32 Å². The van der Waals surface area contributed by atoms with Gasteiger partial charge in [-0.15, -0.1) is 0 Å². The molecule has 1 fully saturated rings. The van der Waals surface area contributed by atoms with Gasteiger partial charge in [0.2, 0.25) is 0 Å². The van der Waals surface area contributed by atoms with Crippen molar-refractivity contribution in [1.29, 1.82) is 0 Å². The molecule has 0 spiro atoms. The van der Waals surface area contributed by atoms with E-state index in [2.05, 4.69) is 57.3 Å². The number of carbonyl (C=O) groups excluding carboxylic acids is 1. The summed E-state index contributed by atoms with van der Waals surface area (Å²) in [5, 5.41) is 3.21. The van der Waals surface area contributed by atoms with Crippen LogP contribution in [0.1, 0.15) is 93.4 Å². The second-order valence-corrected chi connectivity index (χ2v) is 10.8. The lowest BCUT2D eigenvalue weighted by Crippen LogP contribution is -2.44. The van der Waals surface area contributed by atoms with E-state index in [0.29, 0.717) is 5.92 Å². The number of para-hydroxylation sites is 1. The fraction of sp³-hybridized carbons (Fsp3) is 0.406. The Morgan fingerprint density at radius 3 is 2.03 bits per heavy atom. The summed E-state index contributed by atoms with van der Waals surface area (Å²) in [6.07, 6.45) is 3.52. The minimum Gasteiger partial charge on any atom is -0.317 e. The van der Waals surface area contributed by atoms with Crippen LogP contribution in [0.3, 0.4) is 0 Å². The number of urea groups is 1. The van der Waals surface area contributed by atoms with Crippen LogP contribution in [0.15, 0.2) is 66.7 Å². The van der Waals surface area contributed by atoms with Crippen LogP contribution in [0.25, 0.3) is 0 Å². The molecule has 0 bridgehead atoms. The predicted molar refractivity (Wildman–Crippen MR) is 147 cm³/mol. The van der Waals surface area contributed by atoms with E-state index in [1.54, 1.807) is 11.0 Å². The van der Waals surface area contributed by atoms with Gasteiger partial charge in [-0.05, 0) is 66.2 Å². The van der Waals surface area contributed by atoms with Gasteiger partial charge in [-0.1, -0.05) is 88.4 Å². The van der Waals surface area contributed by atoms with Crippen molar-refractivity contribution in [3.63, 3.8) is 0 Å². The Labute approximate surface area is 219 Å². The van der Waals surface area contributed by atoms with Gasteiger partial charge in [0.25, 0.3) is 0 Å². The maximum atomic E-state index is 14.7. The van der Waals surface area contributed by atoms with Crippen molar-refractivity contribution in [3.05, 3.63) is 101 Å². The highest BCUT2D eigenvalue weighted by atomic mass is 19.2. The second kappa shape index (κ2) is 11.9. The van der Waals surface area contributed by atoms with Crippen LogP contribution in [0.4, 0.5) is 19.3 Å². The van der Waals surface area contributed by atoms with Crippen molar-refractivity contribution in [1.82, 2.24) is 4.90 Å². The fourth-order valence-electron chi connectivity index (χ4n) is 5.54. The Balaban J connectivity index is 1.62. The zero-order chi connectivity index (χ0) is 26.5. The van der Waals surface area contributed by atoms with Gasteiger partial charge in [-0.2, -0.15) is 0 Å². The lowest BCUT2D eigenvalue weighted by atomic mass is 9.81. The third kappa shape index (κ3) is 6.20. The molecule has 37 heavy (non-hydrogen) atoms. The highest BCUT2D eigenvalue weighted by molar-refractivity contribution is 5.91. The van der Waals surface area contributed by atoms with Crippen molar-refractivity contribution in [2.24, 2.45) is 0 Å². The van der Waals surface area contributed by atoms with Crippen molar-refractivity contribution >= 4 is 11.7 Å². The largest absolute Gasteiger partial charge is 0.322 e. The molecule has 1 aliphatic carbocycles. The number of amides is 2. The van der Waals surface area contributed by atoms with Crippen LogP contribution >= 0.6 is 0 Å². The third-order valence-electron chi connectivity index (χ3n) is 7.65. The molecule has 1 aliphatic rings. The van der Waals surface area contributed by atoms with Crippen LogP contribution in [0.2, 0.25) is 0 Å². The zero-order valence-electron chi connectivity index (χ0n) is 22.3. The third-order valence-corrected chi connectivity index (χ3v) is 7.65. The van der Waals surface area contributed by atoms with Crippen LogP contribution in [0, 0.1) is 11.6 Å². The molecule has 3 nitrogen and oxygen atoms in total. The van der Waals surface area contributed by atoms with E-state index in [0.717, 1.165) is 48.6 Å². The van der Waals surface area contributed by atoms with Gasteiger partial charge in [0, 0.05) is 17.3 Å². The van der Waals surface area contributed by atoms with Gasteiger partial charge in [0.05, 0.1) is 6.54 Å².